The third-order valence-electron chi connectivity index (χ3n) is 3.82. The highest BCUT2D eigenvalue weighted by atomic mass is 16.6. The summed E-state index contributed by atoms with van der Waals surface area (Å²) >= 11 is 0. The lowest BCUT2D eigenvalue weighted by Gasteiger charge is -2.26. The SMILES string of the molecule is COCCO[C@H]1COc2ccc3cnn(C[C@H](C)N)c3c2C1. The Kier molecular flexibility index (Phi) is 4.61. The highest BCUT2D eigenvalue weighted by Gasteiger charge is 2.24. The first-order valence-electron chi connectivity index (χ1n) is 7.65. The lowest BCUT2D eigenvalue weighted by Crippen LogP contribution is -2.30. The van der Waals surface area contributed by atoms with E-state index in [1.54, 1.807) is 7.11 Å². The zero-order chi connectivity index (χ0) is 15.5. The molecule has 2 N–H and O–H groups in total. The molecule has 1 aliphatic rings. The van der Waals surface area contributed by atoms with Crippen molar-refractivity contribution >= 4 is 10.9 Å². The highest BCUT2D eigenvalue weighted by molar-refractivity contribution is 5.84. The van der Waals surface area contributed by atoms with Crippen LogP contribution in [-0.2, 0) is 22.4 Å². The fraction of sp³-hybridized carbons (Fsp3) is 0.562. The Hall–Kier alpha value is -1.63. The van der Waals surface area contributed by atoms with E-state index >= 15 is 0 Å². The van der Waals surface area contributed by atoms with Crippen LogP contribution in [0.3, 0.4) is 0 Å². The summed E-state index contributed by atoms with van der Waals surface area (Å²) in [6.45, 7) is 4.42. The normalized spacial score (nSPS) is 19.0. The van der Waals surface area contributed by atoms with Gasteiger partial charge in [0.15, 0.2) is 0 Å². The number of fused-ring (bicyclic) bond motifs is 3. The molecule has 0 bridgehead atoms. The predicted octanol–water partition coefficient (Wildman–Crippen LogP) is 1.35. The van der Waals surface area contributed by atoms with Crippen LogP contribution >= 0.6 is 0 Å². The molecular weight excluding hydrogens is 282 g/mol. The van der Waals surface area contributed by atoms with E-state index in [-0.39, 0.29) is 12.1 Å². The number of nitrogens with zero attached hydrogens (tertiary/aromatic N) is 2. The van der Waals surface area contributed by atoms with Crippen LogP contribution in [0.15, 0.2) is 18.3 Å². The standard InChI is InChI=1S/C16H23N3O3/c1-11(17)9-19-16-12(8-18-19)3-4-15-14(16)7-13(10-22-15)21-6-5-20-2/h3-4,8,11,13H,5-7,9-10,17H2,1-2H3/t11-,13+/m0/s1. The highest BCUT2D eigenvalue weighted by Crippen LogP contribution is 2.32. The molecule has 0 aliphatic carbocycles. The van der Waals surface area contributed by atoms with Crippen LogP contribution in [0.25, 0.3) is 10.9 Å². The van der Waals surface area contributed by atoms with Crippen LogP contribution in [0.1, 0.15) is 12.5 Å². The summed E-state index contributed by atoms with van der Waals surface area (Å²) < 4.78 is 18.7. The number of methoxy groups -OCH3 is 1. The van der Waals surface area contributed by atoms with E-state index in [1.165, 1.54) is 0 Å². The first kappa shape index (κ1) is 15.3. The maximum absolute atomic E-state index is 5.93. The van der Waals surface area contributed by atoms with Gasteiger partial charge in [0, 0.05) is 30.5 Å². The Morgan fingerprint density at radius 1 is 1.45 bits per heavy atom. The topological polar surface area (TPSA) is 71.5 Å². The predicted molar refractivity (Wildman–Crippen MR) is 84.2 cm³/mol. The molecule has 2 aromatic rings. The second-order valence-electron chi connectivity index (χ2n) is 5.78. The van der Waals surface area contributed by atoms with Crippen molar-refractivity contribution in [3.63, 3.8) is 0 Å². The minimum Gasteiger partial charge on any atom is -0.491 e. The Morgan fingerprint density at radius 3 is 3.09 bits per heavy atom. The van der Waals surface area contributed by atoms with E-state index in [9.17, 15) is 0 Å². The maximum atomic E-state index is 5.93. The van der Waals surface area contributed by atoms with Gasteiger partial charge in [-0.15, -0.1) is 0 Å². The average Bonchev–Trinajstić information content (AvgIpc) is 2.90. The number of nitrogens with two attached hydrogens (primary N) is 1. The number of aromatic nitrogens is 2. The van der Waals surface area contributed by atoms with Gasteiger partial charge in [-0.2, -0.15) is 5.10 Å². The van der Waals surface area contributed by atoms with Crippen molar-refractivity contribution in [2.24, 2.45) is 5.73 Å². The zero-order valence-corrected chi connectivity index (χ0v) is 13.1. The summed E-state index contributed by atoms with van der Waals surface area (Å²) in [6.07, 6.45) is 2.75. The summed E-state index contributed by atoms with van der Waals surface area (Å²) in [5.74, 6) is 0.922. The quantitative estimate of drug-likeness (QED) is 0.816. The fourth-order valence-electron chi connectivity index (χ4n) is 2.85. The smallest absolute Gasteiger partial charge is 0.124 e. The minimum absolute atomic E-state index is 0.0481. The van der Waals surface area contributed by atoms with E-state index in [2.05, 4.69) is 5.10 Å². The molecule has 1 aliphatic heterocycles. The Bertz CT molecular complexity index is 639. The van der Waals surface area contributed by atoms with Crippen LogP contribution in [0, 0.1) is 0 Å². The molecule has 3 rings (SSSR count). The first-order valence-corrected chi connectivity index (χ1v) is 7.65. The van der Waals surface area contributed by atoms with Gasteiger partial charge in [0.25, 0.3) is 0 Å². The second kappa shape index (κ2) is 6.64. The summed E-state index contributed by atoms with van der Waals surface area (Å²) in [4.78, 5) is 0. The fourth-order valence-corrected chi connectivity index (χ4v) is 2.85. The third-order valence-corrected chi connectivity index (χ3v) is 3.82. The molecule has 0 spiro atoms. The molecule has 0 amide bonds. The molecule has 0 fully saturated rings. The summed E-state index contributed by atoms with van der Waals surface area (Å²) in [5, 5.41) is 5.58. The van der Waals surface area contributed by atoms with Gasteiger partial charge in [0.05, 0.1) is 37.6 Å². The van der Waals surface area contributed by atoms with Crippen molar-refractivity contribution in [2.45, 2.75) is 32.0 Å². The monoisotopic (exact) mass is 305 g/mol. The molecule has 6 nitrogen and oxygen atoms in total. The van der Waals surface area contributed by atoms with Crippen molar-refractivity contribution in [1.82, 2.24) is 9.78 Å². The van der Waals surface area contributed by atoms with Gasteiger partial charge in [-0.1, -0.05) is 0 Å². The summed E-state index contributed by atoms with van der Waals surface area (Å²) in [7, 11) is 1.67. The van der Waals surface area contributed by atoms with Crippen LogP contribution in [0.5, 0.6) is 5.75 Å². The van der Waals surface area contributed by atoms with Gasteiger partial charge in [0.2, 0.25) is 0 Å². The van der Waals surface area contributed by atoms with E-state index in [4.69, 9.17) is 19.9 Å². The van der Waals surface area contributed by atoms with Crippen LogP contribution in [0.2, 0.25) is 0 Å². The molecule has 120 valence electrons. The number of benzene rings is 1. The molecule has 6 heteroatoms. The lowest BCUT2D eigenvalue weighted by molar-refractivity contribution is -0.0117. The molecular formula is C16H23N3O3. The number of hydrogen-bond acceptors (Lipinski definition) is 5. The van der Waals surface area contributed by atoms with Gasteiger partial charge in [-0.25, -0.2) is 0 Å². The number of rotatable bonds is 6. The van der Waals surface area contributed by atoms with Gasteiger partial charge in [-0.3, -0.25) is 4.68 Å². The van der Waals surface area contributed by atoms with E-state index in [0.717, 1.165) is 28.6 Å². The zero-order valence-electron chi connectivity index (χ0n) is 13.1. The molecule has 0 saturated carbocycles. The van der Waals surface area contributed by atoms with Crippen molar-refractivity contribution in [3.8, 4) is 5.75 Å². The van der Waals surface area contributed by atoms with Crippen molar-refractivity contribution < 1.29 is 14.2 Å². The second-order valence-corrected chi connectivity index (χ2v) is 5.78. The van der Waals surface area contributed by atoms with Crippen LogP contribution in [0.4, 0.5) is 0 Å². The molecule has 1 aromatic carbocycles. The molecule has 2 heterocycles. The first-order chi connectivity index (χ1) is 10.7. The number of ether oxygens (including phenoxy) is 3. The van der Waals surface area contributed by atoms with E-state index < -0.39 is 0 Å². The van der Waals surface area contributed by atoms with Gasteiger partial charge < -0.3 is 19.9 Å². The lowest BCUT2D eigenvalue weighted by atomic mass is 10.0. The summed E-state index contributed by atoms with van der Waals surface area (Å²) in [6, 6.07) is 4.11. The van der Waals surface area contributed by atoms with Gasteiger partial charge in [0.1, 0.15) is 12.4 Å². The van der Waals surface area contributed by atoms with Crippen LogP contribution < -0.4 is 10.5 Å². The summed E-state index contributed by atoms with van der Waals surface area (Å²) in [5.41, 5.74) is 8.19. The van der Waals surface area contributed by atoms with E-state index in [1.807, 2.05) is 29.9 Å². The average molecular weight is 305 g/mol. The molecule has 0 radical (unpaired) electrons. The Morgan fingerprint density at radius 2 is 2.32 bits per heavy atom. The Balaban J connectivity index is 1.88. The maximum Gasteiger partial charge on any atom is 0.124 e. The van der Waals surface area contributed by atoms with Crippen molar-refractivity contribution in [2.75, 3.05) is 26.9 Å². The molecule has 0 saturated heterocycles. The minimum atomic E-state index is 0.0481. The molecule has 2 atom stereocenters. The van der Waals surface area contributed by atoms with Gasteiger partial charge >= 0.3 is 0 Å². The van der Waals surface area contributed by atoms with Crippen molar-refractivity contribution in [1.29, 1.82) is 0 Å². The van der Waals surface area contributed by atoms with Crippen LogP contribution in [-0.4, -0.2) is 48.9 Å². The van der Waals surface area contributed by atoms with E-state index in [0.29, 0.717) is 26.4 Å². The van der Waals surface area contributed by atoms with Gasteiger partial charge in [-0.05, 0) is 19.1 Å². The molecule has 0 unspecified atom stereocenters. The molecule has 1 aromatic heterocycles. The number of hydrogen-bond donors (Lipinski definition) is 1. The third kappa shape index (κ3) is 3.09. The van der Waals surface area contributed by atoms with Crippen molar-refractivity contribution in [3.05, 3.63) is 23.9 Å². The largest absolute Gasteiger partial charge is 0.491 e. The molecule has 22 heavy (non-hydrogen) atoms. The Labute approximate surface area is 130 Å².